The number of benzene rings is 1. The molecular formula is C19H15N3O2. The predicted octanol–water partition coefficient (Wildman–Crippen LogP) is 3.75. The lowest BCUT2D eigenvalue weighted by Crippen LogP contribution is -2.22. The lowest BCUT2D eigenvalue weighted by Gasteiger charge is -2.06. The number of furan rings is 1. The zero-order chi connectivity index (χ0) is 16.4. The number of nitrogens with zero attached hydrogens (tertiary/aromatic N) is 1. The van der Waals surface area contributed by atoms with E-state index in [1.807, 2.05) is 54.7 Å². The number of nitrogens with one attached hydrogen (secondary N) is 2. The van der Waals surface area contributed by atoms with E-state index in [1.165, 1.54) is 0 Å². The Hall–Kier alpha value is -3.34. The first-order valence-corrected chi connectivity index (χ1v) is 7.64. The van der Waals surface area contributed by atoms with Crippen molar-refractivity contribution >= 4 is 16.8 Å². The van der Waals surface area contributed by atoms with Crippen molar-refractivity contribution in [3.63, 3.8) is 0 Å². The SMILES string of the molecule is O=C(NCc1ccc(-c2ccco2)nc1)c1ccc2cc[nH]c2c1. The Morgan fingerprint density at radius 1 is 1.17 bits per heavy atom. The van der Waals surface area contributed by atoms with Gasteiger partial charge < -0.3 is 14.7 Å². The van der Waals surface area contributed by atoms with Gasteiger partial charge in [-0.2, -0.15) is 0 Å². The number of aromatic nitrogens is 2. The smallest absolute Gasteiger partial charge is 0.251 e. The number of rotatable bonds is 4. The van der Waals surface area contributed by atoms with Crippen molar-refractivity contribution in [3.8, 4) is 11.5 Å². The second-order valence-electron chi connectivity index (χ2n) is 5.49. The molecule has 3 aromatic heterocycles. The first-order chi connectivity index (χ1) is 11.8. The highest BCUT2D eigenvalue weighted by Crippen LogP contribution is 2.17. The van der Waals surface area contributed by atoms with Gasteiger partial charge in [-0.05, 0) is 47.3 Å². The highest BCUT2D eigenvalue weighted by atomic mass is 16.3. The van der Waals surface area contributed by atoms with Crippen LogP contribution in [0.1, 0.15) is 15.9 Å². The van der Waals surface area contributed by atoms with Crippen molar-refractivity contribution in [2.24, 2.45) is 0 Å². The molecule has 0 bridgehead atoms. The summed E-state index contributed by atoms with van der Waals surface area (Å²) >= 11 is 0. The Morgan fingerprint density at radius 3 is 2.92 bits per heavy atom. The van der Waals surface area contributed by atoms with Crippen molar-refractivity contribution in [2.45, 2.75) is 6.54 Å². The molecule has 0 fully saturated rings. The van der Waals surface area contributed by atoms with Gasteiger partial charge in [-0.1, -0.05) is 12.1 Å². The summed E-state index contributed by atoms with van der Waals surface area (Å²) in [6.07, 6.45) is 5.22. The van der Waals surface area contributed by atoms with Gasteiger partial charge in [0.05, 0.1) is 6.26 Å². The van der Waals surface area contributed by atoms with Crippen molar-refractivity contribution in [1.82, 2.24) is 15.3 Å². The molecule has 118 valence electrons. The molecule has 0 saturated carbocycles. The van der Waals surface area contributed by atoms with Crippen molar-refractivity contribution < 1.29 is 9.21 Å². The maximum atomic E-state index is 12.3. The van der Waals surface area contributed by atoms with Crippen LogP contribution in [0, 0.1) is 0 Å². The zero-order valence-electron chi connectivity index (χ0n) is 12.8. The maximum absolute atomic E-state index is 12.3. The fourth-order valence-corrected chi connectivity index (χ4v) is 2.57. The van der Waals surface area contributed by atoms with E-state index in [0.29, 0.717) is 12.1 Å². The fraction of sp³-hybridized carbons (Fsp3) is 0.0526. The van der Waals surface area contributed by atoms with Crippen molar-refractivity contribution in [3.05, 3.63) is 78.3 Å². The molecule has 4 rings (SSSR count). The average molecular weight is 317 g/mol. The molecule has 0 saturated heterocycles. The average Bonchev–Trinajstić information content (AvgIpc) is 3.30. The molecule has 0 unspecified atom stereocenters. The van der Waals surface area contributed by atoms with E-state index in [1.54, 1.807) is 12.5 Å². The lowest BCUT2D eigenvalue weighted by atomic mass is 10.1. The Labute approximate surface area is 138 Å². The highest BCUT2D eigenvalue weighted by Gasteiger charge is 2.07. The molecule has 0 spiro atoms. The van der Waals surface area contributed by atoms with Crippen molar-refractivity contribution in [1.29, 1.82) is 0 Å². The van der Waals surface area contributed by atoms with Gasteiger partial charge in [-0.25, -0.2) is 0 Å². The van der Waals surface area contributed by atoms with E-state index in [0.717, 1.165) is 27.9 Å². The highest BCUT2D eigenvalue weighted by molar-refractivity contribution is 5.97. The summed E-state index contributed by atoms with van der Waals surface area (Å²) in [6.45, 7) is 0.424. The van der Waals surface area contributed by atoms with Gasteiger partial charge in [0.1, 0.15) is 5.69 Å². The van der Waals surface area contributed by atoms with E-state index in [2.05, 4.69) is 15.3 Å². The number of hydrogen-bond acceptors (Lipinski definition) is 3. The van der Waals surface area contributed by atoms with Gasteiger partial charge in [0.2, 0.25) is 0 Å². The summed E-state index contributed by atoms with van der Waals surface area (Å²) in [7, 11) is 0. The molecule has 5 nitrogen and oxygen atoms in total. The number of amides is 1. The Kier molecular flexibility index (Phi) is 3.59. The standard InChI is InChI=1S/C19H15N3O2/c23-19(15-5-4-14-7-8-20-17(14)10-15)22-12-13-3-6-16(21-11-13)18-2-1-9-24-18/h1-11,20H,12H2,(H,22,23). The lowest BCUT2D eigenvalue weighted by molar-refractivity contribution is 0.0951. The zero-order valence-corrected chi connectivity index (χ0v) is 12.8. The van der Waals surface area contributed by atoms with Gasteiger partial charge in [0.15, 0.2) is 5.76 Å². The maximum Gasteiger partial charge on any atom is 0.251 e. The van der Waals surface area contributed by atoms with Crippen molar-refractivity contribution in [2.75, 3.05) is 0 Å². The molecule has 24 heavy (non-hydrogen) atoms. The van der Waals surface area contributed by atoms with Crippen LogP contribution in [0.3, 0.4) is 0 Å². The molecule has 0 aliphatic carbocycles. The van der Waals surface area contributed by atoms with Crippen LogP contribution in [0.25, 0.3) is 22.4 Å². The first kappa shape index (κ1) is 14.3. The molecule has 3 heterocycles. The number of pyridine rings is 1. The van der Waals surface area contributed by atoms with Crippen LogP contribution >= 0.6 is 0 Å². The molecule has 1 amide bonds. The largest absolute Gasteiger partial charge is 0.463 e. The Bertz CT molecular complexity index is 969. The minimum absolute atomic E-state index is 0.110. The number of H-pyrrole nitrogens is 1. The van der Waals surface area contributed by atoms with E-state index >= 15 is 0 Å². The minimum Gasteiger partial charge on any atom is -0.463 e. The van der Waals surface area contributed by atoms with Crippen LogP contribution in [0.5, 0.6) is 0 Å². The Balaban J connectivity index is 1.43. The normalized spacial score (nSPS) is 10.8. The summed E-state index contributed by atoms with van der Waals surface area (Å²) in [6, 6.07) is 15.1. The summed E-state index contributed by atoms with van der Waals surface area (Å²) in [5.41, 5.74) is 3.28. The molecule has 0 aliphatic heterocycles. The van der Waals surface area contributed by atoms with E-state index in [4.69, 9.17) is 4.42 Å². The molecule has 4 aromatic rings. The van der Waals surface area contributed by atoms with Crippen LogP contribution in [0.4, 0.5) is 0 Å². The van der Waals surface area contributed by atoms with Gasteiger partial charge in [-0.15, -0.1) is 0 Å². The summed E-state index contributed by atoms with van der Waals surface area (Å²) in [5, 5.41) is 4.00. The quantitative estimate of drug-likeness (QED) is 0.602. The molecular weight excluding hydrogens is 302 g/mol. The molecule has 1 aromatic carbocycles. The summed E-state index contributed by atoms with van der Waals surface area (Å²) in [5.74, 6) is 0.617. The van der Waals surface area contributed by atoms with Crippen LogP contribution in [-0.2, 0) is 6.54 Å². The van der Waals surface area contributed by atoms with Crippen LogP contribution in [-0.4, -0.2) is 15.9 Å². The third kappa shape index (κ3) is 2.79. The van der Waals surface area contributed by atoms with E-state index < -0.39 is 0 Å². The molecule has 0 radical (unpaired) electrons. The van der Waals surface area contributed by atoms with Crippen LogP contribution in [0.2, 0.25) is 0 Å². The monoisotopic (exact) mass is 317 g/mol. The third-order valence-electron chi connectivity index (χ3n) is 3.87. The topological polar surface area (TPSA) is 70.9 Å². The first-order valence-electron chi connectivity index (χ1n) is 7.64. The van der Waals surface area contributed by atoms with Crippen LogP contribution in [0.15, 0.2) is 71.6 Å². The second-order valence-corrected chi connectivity index (χ2v) is 5.49. The Morgan fingerprint density at radius 2 is 2.12 bits per heavy atom. The number of carbonyl (C=O) groups is 1. The second kappa shape index (κ2) is 6.04. The van der Waals surface area contributed by atoms with Gasteiger partial charge in [0, 0.05) is 30.0 Å². The molecule has 5 heteroatoms. The number of fused-ring (bicyclic) bond motifs is 1. The van der Waals surface area contributed by atoms with Gasteiger partial charge >= 0.3 is 0 Å². The number of carbonyl (C=O) groups excluding carboxylic acids is 1. The molecule has 0 aliphatic rings. The summed E-state index contributed by atoms with van der Waals surface area (Å²) in [4.78, 5) is 19.7. The minimum atomic E-state index is -0.110. The van der Waals surface area contributed by atoms with Gasteiger partial charge in [-0.3, -0.25) is 9.78 Å². The van der Waals surface area contributed by atoms with E-state index in [9.17, 15) is 4.79 Å². The summed E-state index contributed by atoms with van der Waals surface area (Å²) < 4.78 is 5.31. The van der Waals surface area contributed by atoms with Crippen LogP contribution < -0.4 is 5.32 Å². The molecule has 0 atom stereocenters. The fourth-order valence-electron chi connectivity index (χ4n) is 2.57. The number of aromatic amines is 1. The predicted molar refractivity (Wildman–Crippen MR) is 91.4 cm³/mol. The molecule has 2 N–H and O–H groups in total. The van der Waals surface area contributed by atoms with E-state index in [-0.39, 0.29) is 5.91 Å². The van der Waals surface area contributed by atoms with Gasteiger partial charge in [0.25, 0.3) is 5.91 Å². The third-order valence-corrected chi connectivity index (χ3v) is 3.87. The number of hydrogen-bond donors (Lipinski definition) is 2.